The molecule has 1 saturated heterocycles. The number of halogens is 1. The highest BCUT2D eigenvalue weighted by Gasteiger charge is 2.15. The zero-order valence-electron chi connectivity index (χ0n) is 8.50. The van der Waals surface area contributed by atoms with E-state index in [0.29, 0.717) is 16.8 Å². The van der Waals surface area contributed by atoms with Crippen molar-refractivity contribution in [1.29, 1.82) is 0 Å². The fourth-order valence-electron chi connectivity index (χ4n) is 1.72. The summed E-state index contributed by atoms with van der Waals surface area (Å²) in [6.07, 6.45) is 2.58. The maximum absolute atomic E-state index is 5.91. The number of hydrogen-bond donors (Lipinski definition) is 2. The molecule has 1 heterocycles. The van der Waals surface area contributed by atoms with E-state index < -0.39 is 0 Å². The summed E-state index contributed by atoms with van der Waals surface area (Å²) in [6, 6.07) is 5.60. The van der Waals surface area contributed by atoms with Crippen molar-refractivity contribution in [2.75, 3.05) is 24.2 Å². The largest absolute Gasteiger partial charge is 0.396 e. The van der Waals surface area contributed by atoms with Crippen LogP contribution in [0.4, 0.5) is 11.4 Å². The standard InChI is InChI=1S/C11H15ClN2O/c12-9-4-1-5-10(11(9)13)14-7-8-3-2-6-15-8/h1,4-5,8,14H,2-3,6-7,13H2. The molecule has 1 atom stereocenters. The van der Waals surface area contributed by atoms with Gasteiger partial charge in [0.25, 0.3) is 0 Å². The molecule has 0 radical (unpaired) electrons. The van der Waals surface area contributed by atoms with Gasteiger partial charge in [-0.1, -0.05) is 17.7 Å². The molecule has 3 N–H and O–H groups in total. The zero-order valence-corrected chi connectivity index (χ0v) is 9.26. The van der Waals surface area contributed by atoms with Gasteiger partial charge in [-0.25, -0.2) is 0 Å². The number of rotatable bonds is 3. The van der Waals surface area contributed by atoms with Crippen LogP contribution in [-0.2, 0) is 4.74 Å². The number of anilines is 2. The highest BCUT2D eigenvalue weighted by molar-refractivity contribution is 6.33. The normalized spacial score (nSPS) is 20.5. The van der Waals surface area contributed by atoms with E-state index in [0.717, 1.165) is 31.7 Å². The molecule has 0 amide bonds. The van der Waals surface area contributed by atoms with E-state index in [1.54, 1.807) is 6.07 Å². The first-order chi connectivity index (χ1) is 7.27. The van der Waals surface area contributed by atoms with E-state index in [-0.39, 0.29) is 0 Å². The fourth-order valence-corrected chi connectivity index (χ4v) is 1.89. The van der Waals surface area contributed by atoms with Crippen LogP contribution in [0.3, 0.4) is 0 Å². The van der Waals surface area contributed by atoms with Crippen LogP contribution in [0.15, 0.2) is 18.2 Å². The average Bonchev–Trinajstić information content (AvgIpc) is 2.73. The summed E-state index contributed by atoms with van der Waals surface area (Å²) in [4.78, 5) is 0. The SMILES string of the molecule is Nc1c(Cl)cccc1NCC1CCCO1. The number of hydrogen-bond acceptors (Lipinski definition) is 3. The molecule has 0 saturated carbocycles. The minimum atomic E-state index is 0.309. The molecule has 1 aliphatic rings. The average molecular weight is 227 g/mol. The molecule has 0 bridgehead atoms. The van der Waals surface area contributed by atoms with Gasteiger partial charge in [0.05, 0.1) is 22.5 Å². The summed E-state index contributed by atoms with van der Waals surface area (Å²) in [5, 5.41) is 3.85. The van der Waals surface area contributed by atoms with Gasteiger partial charge in [-0.15, -0.1) is 0 Å². The monoisotopic (exact) mass is 226 g/mol. The Morgan fingerprint density at radius 3 is 3.13 bits per heavy atom. The van der Waals surface area contributed by atoms with Crippen LogP contribution in [0.25, 0.3) is 0 Å². The number of para-hydroxylation sites is 1. The van der Waals surface area contributed by atoms with Crippen LogP contribution in [0.2, 0.25) is 5.02 Å². The summed E-state index contributed by atoms with van der Waals surface area (Å²) in [7, 11) is 0. The fraction of sp³-hybridized carbons (Fsp3) is 0.455. The Balaban J connectivity index is 1.95. The third-order valence-electron chi connectivity index (χ3n) is 2.60. The van der Waals surface area contributed by atoms with E-state index in [1.807, 2.05) is 12.1 Å². The Bertz CT molecular complexity index is 337. The van der Waals surface area contributed by atoms with E-state index in [4.69, 9.17) is 22.1 Å². The summed E-state index contributed by atoms with van der Waals surface area (Å²) in [6.45, 7) is 1.67. The van der Waals surface area contributed by atoms with Crippen LogP contribution in [-0.4, -0.2) is 19.3 Å². The quantitative estimate of drug-likeness (QED) is 0.779. The second-order valence-electron chi connectivity index (χ2n) is 3.72. The topological polar surface area (TPSA) is 47.3 Å². The second kappa shape index (κ2) is 4.73. The molecule has 4 heteroatoms. The van der Waals surface area contributed by atoms with Gasteiger partial charge in [0, 0.05) is 13.2 Å². The summed E-state index contributed by atoms with van der Waals surface area (Å²) >= 11 is 5.91. The lowest BCUT2D eigenvalue weighted by Crippen LogP contribution is -2.18. The Morgan fingerprint density at radius 2 is 2.40 bits per heavy atom. The van der Waals surface area contributed by atoms with E-state index in [2.05, 4.69) is 5.32 Å². The third kappa shape index (κ3) is 2.55. The molecule has 15 heavy (non-hydrogen) atoms. The summed E-state index contributed by atoms with van der Waals surface area (Å²) in [5.74, 6) is 0. The molecule has 2 rings (SSSR count). The van der Waals surface area contributed by atoms with Crippen molar-refractivity contribution in [2.24, 2.45) is 0 Å². The lowest BCUT2D eigenvalue weighted by Gasteiger charge is -2.13. The number of nitrogens with one attached hydrogen (secondary N) is 1. The van der Waals surface area contributed by atoms with Gasteiger partial charge in [-0.3, -0.25) is 0 Å². The Hall–Kier alpha value is -0.930. The molecule has 0 spiro atoms. The second-order valence-corrected chi connectivity index (χ2v) is 4.12. The molecular weight excluding hydrogens is 212 g/mol. The van der Waals surface area contributed by atoms with E-state index in [1.165, 1.54) is 0 Å². The van der Waals surface area contributed by atoms with Crippen molar-refractivity contribution in [1.82, 2.24) is 0 Å². The van der Waals surface area contributed by atoms with Crippen LogP contribution in [0, 0.1) is 0 Å². The Kier molecular flexibility index (Phi) is 3.34. The van der Waals surface area contributed by atoms with Crippen molar-refractivity contribution in [3.63, 3.8) is 0 Å². The Morgan fingerprint density at radius 1 is 1.53 bits per heavy atom. The van der Waals surface area contributed by atoms with Gasteiger partial charge in [0.1, 0.15) is 0 Å². The summed E-state index contributed by atoms with van der Waals surface area (Å²) in [5.41, 5.74) is 7.33. The van der Waals surface area contributed by atoms with Crippen molar-refractivity contribution >= 4 is 23.0 Å². The van der Waals surface area contributed by atoms with Crippen LogP contribution < -0.4 is 11.1 Å². The highest BCUT2D eigenvalue weighted by Crippen LogP contribution is 2.27. The molecular formula is C11H15ClN2O. The predicted octanol–water partition coefficient (Wildman–Crippen LogP) is 2.51. The molecule has 0 aromatic heterocycles. The van der Waals surface area contributed by atoms with Crippen molar-refractivity contribution in [2.45, 2.75) is 18.9 Å². The molecule has 1 aromatic rings. The Labute approximate surface area is 94.6 Å². The molecule has 1 fully saturated rings. The van der Waals surface area contributed by atoms with Crippen molar-refractivity contribution in [3.8, 4) is 0 Å². The number of benzene rings is 1. The lowest BCUT2D eigenvalue weighted by atomic mass is 10.2. The van der Waals surface area contributed by atoms with E-state index >= 15 is 0 Å². The van der Waals surface area contributed by atoms with Gasteiger partial charge in [-0.05, 0) is 25.0 Å². The first-order valence-corrected chi connectivity index (χ1v) is 5.54. The number of nitrogens with two attached hydrogens (primary N) is 1. The molecule has 1 aromatic carbocycles. The first kappa shape index (κ1) is 10.6. The molecule has 3 nitrogen and oxygen atoms in total. The van der Waals surface area contributed by atoms with Gasteiger partial charge < -0.3 is 15.8 Å². The van der Waals surface area contributed by atoms with Gasteiger partial charge in [0.2, 0.25) is 0 Å². The summed E-state index contributed by atoms with van der Waals surface area (Å²) < 4.78 is 5.51. The van der Waals surface area contributed by atoms with E-state index in [9.17, 15) is 0 Å². The molecule has 0 aliphatic carbocycles. The van der Waals surface area contributed by atoms with Crippen LogP contribution >= 0.6 is 11.6 Å². The maximum Gasteiger partial charge on any atom is 0.0748 e. The molecule has 1 unspecified atom stereocenters. The smallest absolute Gasteiger partial charge is 0.0748 e. The van der Waals surface area contributed by atoms with Crippen molar-refractivity contribution in [3.05, 3.63) is 23.2 Å². The first-order valence-electron chi connectivity index (χ1n) is 5.17. The highest BCUT2D eigenvalue weighted by atomic mass is 35.5. The predicted molar refractivity (Wildman–Crippen MR) is 63.3 cm³/mol. The van der Waals surface area contributed by atoms with Crippen molar-refractivity contribution < 1.29 is 4.74 Å². The zero-order chi connectivity index (χ0) is 10.7. The van der Waals surface area contributed by atoms with Gasteiger partial charge in [-0.2, -0.15) is 0 Å². The minimum absolute atomic E-state index is 0.309. The maximum atomic E-state index is 5.91. The molecule has 1 aliphatic heterocycles. The lowest BCUT2D eigenvalue weighted by molar-refractivity contribution is 0.120. The number of nitrogen functional groups attached to an aromatic ring is 1. The van der Waals surface area contributed by atoms with Crippen LogP contribution in [0.5, 0.6) is 0 Å². The van der Waals surface area contributed by atoms with Gasteiger partial charge >= 0.3 is 0 Å². The minimum Gasteiger partial charge on any atom is -0.396 e. The van der Waals surface area contributed by atoms with Crippen LogP contribution in [0.1, 0.15) is 12.8 Å². The van der Waals surface area contributed by atoms with Gasteiger partial charge in [0.15, 0.2) is 0 Å². The third-order valence-corrected chi connectivity index (χ3v) is 2.93. The number of ether oxygens (including phenoxy) is 1. The molecule has 82 valence electrons.